The first-order valence-corrected chi connectivity index (χ1v) is 7.69. The molecule has 0 aliphatic heterocycles. The lowest BCUT2D eigenvalue weighted by Crippen LogP contribution is -2.44. The Labute approximate surface area is 131 Å². The van der Waals surface area contributed by atoms with E-state index in [2.05, 4.69) is 15.9 Å². The number of hydrogen-bond donors (Lipinski definition) is 0. The van der Waals surface area contributed by atoms with E-state index in [4.69, 9.17) is 4.74 Å². The van der Waals surface area contributed by atoms with Crippen molar-refractivity contribution in [3.63, 3.8) is 0 Å². The zero-order valence-electron chi connectivity index (χ0n) is 12.0. The number of hydrogen-bond acceptors (Lipinski definition) is 2. The van der Waals surface area contributed by atoms with Gasteiger partial charge in [0.25, 0.3) is 12.3 Å². The Kier molecular flexibility index (Phi) is 5.19. The van der Waals surface area contributed by atoms with E-state index in [1.54, 1.807) is 13.0 Å². The van der Waals surface area contributed by atoms with E-state index in [0.29, 0.717) is 5.75 Å². The summed E-state index contributed by atoms with van der Waals surface area (Å²) in [6, 6.07) is 5.45. The van der Waals surface area contributed by atoms with E-state index in [0.717, 1.165) is 22.9 Å². The number of halogens is 3. The molecule has 0 N–H and O–H groups in total. The lowest BCUT2D eigenvalue weighted by atomic mass is 10.2. The molecule has 6 heteroatoms. The lowest BCUT2D eigenvalue weighted by Gasteiger charge is -2.26. The third kappa shape index (κ3) is 4.40. The van der Waals surface area contributed by atoms with Gasteiger partial charge in [-0.25, -0.2) is 8.78 Å². The van der Waals surface area contributed by atoms with Gasteiger partial charge in [0.15, 0.2) is 6.10 Å². The van der Waals surface area contributed by atoms with Gasteiger partial charge in [0.1, 0.15) is 5.75 Å². The van der Waals surface area contributed by atoms with Crippen molar-refractivity contribution in [3.8, 4) is 5.75 Å². The maximum atomic E-state index is 12.6. The quantitative estimate of drug-likeness (QED) is 0.771. The van der Waals surface area contributed by atoms with Crippen LogP contribution in [0, 0.1) is 6.92 Å². The second-order valence-corrected chi connectivity index (χ2v) is 6.16. The fourth-order valence-electron chi connectivity index (χ4n) is 2.13. The summed E-state index contributed by atoms with van der Waals surface area (Å²) < 4.78 is 31.5. The Hall–Kier alpha value is -1.17. The molecule has 1 atom stereocenters. The van der Waals surface area contributed by atoms with Crippen molar-refractivity contribution < 1.29 is 18.3 Å². The van der Waals surface area contributed by atoms with Gasteiger partial charge in [-0.15, -0.1) is 0 Å². The number of benzene rings is 1. The van der Waals surface area contributed by atoms with Crippen molar-refractivity contribution in [1.82, 2.24) is 4.90 Å². The van der Waals surface area contributed by atoms with Crippen LogP contribution in [0.3, 0.4) is 0 Å². The highest BCUT2D eigenvalue weighted by atomic mass is 79.9. The highest BCUT2D eigenvalue weighted by molar-refractivity contribution is 9.10. The van der Waals surface area contributed by atoms with Crippen molar-refractivity contribution in [3.05, 3.63) is 28.2 Å². The molecule has 0 aromatic heterocycles. The molecule has 1 unspecified atom stereocenters. The third-order valence-corrected chi connectivity index (χ3v) is 3.96. The molecular weight excluding hydrogens is 344 g/mol. The molecular formula is C15H18BrF2NO2. The summed E-state index contributed by atoms with van der Waals surface area (Å²) in [5, 5.41) is 0. The molecule has 1 aromatic rings. The molecule has 0 spiro atoms. The number of ether oxygens (including phenoxy) is 1. The molecule has 21 heavy (non-hydrogen) atoms. The van der Waals surface area contributed by atoms with Crippen LogP contribution in [0.15, 0.2) is 22.7 Å². The zero-order valence-corrected chi connectivity index (χ0v) is 13.6. The topological polar surface area (TPSA) is 29.5 Å². The maximum absolute atomic E-state index is 12.6. The molecule has 0 saturated heterocycles. The molecule has 1 aliphatic carbocycles. The van der Waals surface area contributed by atoms with E-state index < -0.39 is 19.1 Å². The van der Waals surface area contributed by atoms with Crippen LogP contribution in [0.25, 0.3) is 0 Å². The Bertz CT molecular complexity index is 520. The van der Waals surface area contributed by atoms with Crippen molar-refractivity contribution in [1.29, 1.82) is 0 Å². The first kappa shape index (κ1) is 16.2. The van der Waals surface area contributed by atoms with Crippen molar-refractivity contribution in [2.24, 2.45) is 0 Å². The minimum atomic E-state index is -2.52. The summed E-state index contributed by atoms with van der Waals surface area (Å²) in [7, 11) is 0. The largest absolute Gasteiger partial charge is 0.480 e. The van der Waals surface area contributed by atoms with Gasteiger partial charge in [0.2, 0.25) is 0 Å². The Morgan fingerprint density at radius 1 is 1.48 bits per heavy atom. The van der Waals surface area contributed by atoms with Crippen LogP contribution in [-0.4, -0.2) is 35.9 Å². The fourth-order valence-corrected chi connectivity index (χ4v) is 2.72. The van der Waals surface area contributed by atoms with Crippen LogP contribution in [0.4, 0.5) is 8.78 Å². The van der Waals surface area contributed by atoms with Crippen LogP contribution >= 0.6 is 15.9 Å². The predicted octanol–water partition coefficient (Wildman–Crippen LogP) is 3.78. The SMILES string of the molecule is Cc1ccc(OC(C)C(=O)N(CC(F)F)C2CC2)c(Br)c1. The van der Waals surface area contributed by atoms with Gasteiger partial charge in [0, 0.05) is 6.04 Å². The molecule has 0 heterocycles. The van der Waals surface area contributed by atoms with E-state index in [1.165, 1.54) is 4.90 Å². The molecule has 1 aliphatic rings. The van der Waals surface area contributed by atoms with E-state index in [-0.39, 0.29) is 11.9 Å². The summed E-state index contributed by atoms with van der Waals surface area (Å²) >= 11 is 3.37. The number of carbonyl (C=O) groups is 1. The Balaban J connectivity index is 2.03. The summed E-state index contributed by atoms with van der Waals surface area (Å²) in [4.78, 5) is 13.5. The highest BCUT2D eigenvalue weighted by Gasteiger charge is 2.36. The number of rotatable bonds is 6. The van der Waals surface area contributed by atoms with Gasteiger partial charge in [-0.2, -0.15) is 0 Å². The molecule has 1 saturated carbocycles. The van der Waals surface area contributed by atoms with Gasteiger partial charge in [-0.1, -0.05) is 6.07 Å². The second-order valence-electron chi connectivity index (χ2n) is 5.31. The minimum absolute atomic E-state index is 0.0565. The summed E-state index contributed by atoms with van der Waals surface area (Å²) in [5.41, 5.74) is 1.06. The minimum Gasteiger partial charge on any atom is -0.480 e. The molecule has 1 aromatic carbocycles. The van der Waals surface area contributed by atoms with Gasteiger partial charge in [-0.05, 0) is 60.3 Å². The van der Waals surface area contributed by atoms with E-state index in [9.17, 15) is 13.6 Å². The van der Waals surface area contributed by atoms with Gasteiger partial charge in [0.05, 0.1) is 11.0 Å². The Morgan fingerprint density at radius 3 is 2.67 bits per heavy atom. The standard InChI is InChI=1S/C15H18BrF2NO2/c1-9-3-6-13(12(16)7-9)21-10(2)15(20)19(8-14(17)18)11-4-5-11/h3,6-7,10-11,14H,4-5,8H2,1-2H3. The third-order valence-electron chi connectivity index (χ3n) is 3.34. The Morgan fingerprint density at radius 2 is 2.14 bits per heavy atom. The summed E-state index contributed by atoms with van der Waals surface area (Å²) in [6.07, 6.45) is -1.73. The predicted molar refractivity (Wildman–Crippen MR) is 79.7 cm³/mol. The monoisotopic (exact) mass is 361 g/mol. The van der Waals surface area contributed by atoms with Crippen LogP contribution < -0.4 is 4.74 Å². The average molecular weight is 362 g/mol. The van der Waals surface area contributed by atoms with Gasteiger partial charge in [-0.3, -0.25) is 4.79 Å². The molecule has 1 fully saturated rings. The first-order valence-electron chi connectivity index (χ1n) is 6.90. The van der Waals surface area contributed by atoms with Crippen LogP contribution in [0.1, 0.15) is 25.3 Å². The lowest BCUT2D eigenvalue weighted by molar-refractivity contribution is -0.140. The van der Waals surface area contributed by atoms with Crippen LogP contribution in [0.2, 0.25) is 0 Å². The first-order chi connectivity index (χ1) is 9.88. The van der Waals surface area contributed by atoms with Crippen LogP contribution in [-0.2, 0) is 4.79 Å². The van der Waals surface area contributed by atoms with Crippen LogP contribution in [0.5, 0.6) is 5.75 Å². The average Bonchev–Trinajstić information content (AvgIpc) is 3.22. The zero-order chi connectivity index (χ0) is 15.6. The van der Waals surface area contributed by atoms with Crippen molar-refractivity contribution in [2.45, 2.75) is 45.3 Å². The smallest absolute Gasteiger partial charge is 0.263 e. The molecule has 116 valence electrons. The van der Waals surface area contributed by atoms with E-state index >= 15 is 0 Å². The number of aryl methyl sites for hydroxylation is 1. The summed E-state index contributed by atoms with van der Waals surface area (Å²) in [6.45, 7) is 3.02. The molecule has 0 bridgehead atoms. The number of nitrogens with zero attached hydrogens (tertiary/aromatic N) is 1. The van der Waals surface area contributed by atoms with E-state index in [1.807, 2.05) is 19.1 Å². The fraction of sp³-hybridized carbons (Fsp3) is 0.533. The number of amides is 1. The van der Waals surface area contributed by atoms with Crippen molar-refractivity contribution >= 4 is 21.8 Å². The van der Waals surface area contributed by atoms with Gasteiger partial charge < -0.3 is 9.64 Å². The molecule has 1 amide bonds. The molecule has 0 radical (unpaired) electrons. The maximum Gasteiger partial charge on any atom is 0.263 e. The number of alkyl halides is 2. The second kappa shape index (κ2) is 6.73. The molecule has 2 rings (SSSR count). The summed E-state index contributed by atoms with van der Waals surface area (Å²) in [5.74, 6) is 0.152. The van der Waals surface area contributed by atoms with Crippen molar-refractivity contribution in [2.75, 3.05) is 6.54 Å². The van der Waals surface area contributed by atoms with Gasteiger partial charge >= 0.3 is 0 Å². The number of carbonyl (C=O) groups excluding carboxylic acids is 1. The normalized spacial score (nSPS) is 15.9. The molecule has 3 nitrogen and oxygen atoms in total. The highest BCUT2D eigenvalue weighted by Crippen LogP contribution is 2.30.